The van der Waals surface area contributed by atoms with Gasteiger partial charge in [-0.3, -0.25) is 0 Å². The van der Waals surface area contributed by atoms with E-state index in [-0.39, 0.29) is 0 Å². The van der Waals surface area contributed by atoms with Gasteiger partial charge in [0, 0.05) is 33.9 Å². The fourth-order valence-electron chi connectivity index (χ4n) is 9.04. The number of hydrogen-bond donors (Lipinski definition) is 0. The van der Waals surface area contributed by atoms with Gasteiger partial charge in [-0.1, -0.05) is 182 Å². The number of rotatable bonds is 8. The fourth-order valence-corrected chi connectivity index (χ4v) is 9.04. The van der Waals surface area contributed by atoms with Gasteiger partial charge in [-0.15, -0.1) is 0 Å². The van der Waals surface area contributed by atoms with E-state index in [0.29, 0.717) is 0 Å². The largest absolute Gasteiger partial charge is 0.456 e. The van der Waals surface area contributed by atoms with Crippen molar-refractivity contribution in [2.24, 2.45) is 0 Å². The van der Waals surface area contributed by atoms with Crippen LogP contribution < -0.4 is 4.90 Å². The normalized spacial score (nSPS) is 11.3. The van der Waals surface area contributed by atoms with Gasteiger partial charge in [0.15, 0.2) is 0 Å². The van der Waals surface area contributed by atoms with Gasteiger partial charge in [0.25, 0.3) is 0 Å². The van der Waals surface area contributed by atoms with E-state index in [4.69, 9.17) is 4.42 Å². The number of anilines is 3. The predicted molar refractivity (Wildman–Crippen MR) is 253 cm³/mol. The van der Waals surface area contributed by atoms with Crippen LogP contribution in [0.3, 0.4) is 0 Å². The Hall–Kier alpha value is -7.94. The van der Waals surface area contributed by atoms with E-state index < -0.39 is 0 Å². The molecule has 0 amide bonds. The predicted octanol–water partition coefficient (Wildman–Crippen LogP) is 16.5. The molecule has 10 aromatic carbocycles. The molecular weight excluding hydrogens is 727 g/mol. The molecule has 2 nitrogen and oxygen atoms in total. The third-order valence-corrected chi connectivity index (χ3v) is 11.6. The number of para-hydroxylation sites is 2. The van der Waals surface area contributed by atoms with Crippen LogP contribution in [0.4, 0.5) is 17.1 Å². The summed E-state index contributed by atoms with van der Waals surface area (Å²) in [6.45, 7) is 0. The summed E-state index contributed by atoms with van der Waals surface area (Å²) < 4.78 is 6.84. The maximum atomic E-state index is 6.84. The van der Waals surface area contributed by atoms with Crippen molar-refractivity contribution in [2.75, 3.05) is 4.90 Å². The van der Waals surface area contributed by atoms with Gasteiger partial charge >= 0.3 is 0 Å². The van der Waals surface area contributed by atoms with Crippen LogP contribution in [0.5, 0.6) is 0 Å². The van der Waals surface area contributed by atoms with Crippen LogP contribution in [-0.2, 0) is 0 Å². The Balaban J connectivity index is 1.18. The smallest absolute Gasteiger partial charge is 0.137 e. The zero-order chi connectivity index (χ0) is 39.8. The molecule has 11 rings (SSSR count). The molecule has 282 valence electrons. The van der Waals surface area contributed by atoms with Crippen LogP contribution in [-0.4, -0.2) is 0 Å². The third kappa shape index (κ3) is 6.14. The minimum Gasteiger partial charge on any atom is -0.456 e. The maximum Gasteiger partial charge on any atom is 0.137 e. The third-order valence-electron chi connectivity index (χ3n) is 11.6. The Labute approximate surface area is 349 Å². The first-order valence-electron chi connectivity index (χ1n) is 20.5. The van der Waals surface area contributed by atoms with Gasteiger partial charge < -0.3 is 9.32 Å². The lowest BCUT2D eigenvalue weighted by molar-refractivity contribution is 0.669. The van der Waals surface area contributed by atoms with Crippen LogP contribution in [0, 0.1) is 0 Å². The molecule has 0 bridgehead atoms. The molecule has 0 atom stereocenters. The van der Waals surface area contributed by atoms with Gasteiger partial charge in [-0.25, -0.2) is 0 Å². The summed E-state index contributed by atoms with van der Waals surface area (Å²) in [6.07, 6.45) is 0. The van der Waals surface area contributed by atoms with E-state index >= 15 is 0 Å². The number of benzene rings is 10. The summed E-state index contributed by atoms with van der Waals surface area (Å²) in [6, 6.07) is 84.7. The lowest BCUT2D eigenvalue weighted by Gasteiger charge is -2.25. The van der Waals surface area contributed by atoms with E-state index in [1.54, 1.807) is 0 Å². The Bertz CT molecular complexity index is 3230. The average Bonchev–Trinajstić information content (AvgIpc) is 3.69. The van der Waals surface area contributed by atoms with Crippen LogP contribution in [0.15, 0.2) is 241 Å². The highest BCUT2D eigenvalue weighted by Crippen LogP contribution is 2.53. The summed E-state index contributed by atoms with van der Waals surface area (Å²) in [4.78, 5) is 2.28. The number of hydrogen-bond acceptors (Lipinski definition) is 2. The second kappa shape index (κ2) is 15.1. The molecule has 0 N–H and O–H groups in total. The molecule has 60 heavy (non-hydrogen) atoms. The van der Waals surface area contributed by atoms with Gasteiger partial charge in [-0.05, 0) is 115 Å². The Morgan fingerprint density at radius 1 is 0.267 bits per heavy atom. The molecular formula is C58H39NO. The van der Waals surface area contributed by atoms with E-state index in [0.717, 1.165) is 50.1 Å². The molecule has 0 aliphatic carbocycles. The molecule has 0 aliphatic heterocycles. The van der Waals surface area contributed by atoms with Gasteiger partial charge in [-0.2, -0.15) is 0 Å². The number of nitrogens with zero attached hydrogens (tertiary/aromatic N) is 1. The van der Waals surface area contributed by atoms with Crippen molar-refractivity contribution < 1.29 is 4.42 Å². The minimum atomic E-state index is 0.852. The second-order valence-electron chi connectivity index (χ2n) is 15.2. The van der Waals surface area contributed by atoms with E-state index in [2.05, 4.69) is 241 Å². The molecule has 1 heterocycles. The summed E-state index contributed by atoms with van der Waals surface area (Å²) in [5.41, 5.74) is 16.8. The van der Waals surface area contributed by atoms with Crippen molar-refractivity contribution in [1.29, 1.82) is 0 Å². The van der Waals surface area contributed by atoms with Crippen molar-refractivity contribution in [1.82, 2.24) is 0 Å². The van der Waals surface area contributed by atoms with Crippen LogP contribution in [0.1, 0.15) is 0 Å². The molecule has 2 heteroatoms. The van der Waals surface area contributed by atoms with E-state index in [9.17, 15) is 0 Å². The molecule has 0 aliphatic rings. The zero-order valence-corrected chi connectivity index (χ0v) is 32.9. The molecule has 0 radical (unpaired) electrons. The highest BCUT2D eigenvalue weighted by atomic mass is 16.3. The van der Waals surface area contributed by atoms with Crippen molar-refractivity contribution in [3.05, 3.63) is 237 Å². The van der Waals surface area contributed by atoms with Crippen LogP contribution in [0.2, 0.25) is 0 Å². The monoisotopic (exact) mass is 765 g/mol. The standard InChI is InChI=1S/C58H39NO/c1-7-20-40(21-8-1)54-51-33-19-32-48(58(51)57(43-26-13-4-14-27-43)56(42-24-11-3-12-25-42)55(54)41-22-9-2-10-23-41)44-34-36-49-50-37-35-47(39-53(50)60-52(49)38-44)59(45-28-15-5-16-29-45)46-30-17-6-18-31-46/h1-39H. The molecule has 0 fully saturated rings. The first-order valence-corrected chi connectivity index (χ1v) is 20.5. The lowest BCUT2D eigenvalue weighted by atomic mass is 9.77. The topological polar surface area (TPSA) is 16.4 Å². The van der Waals surface area contributed by atoms with Crippen molar-refractivity contribution in [3.8, 4) is 55.6 Å². The summed E-state index contributed by atoms with van der Waals surface area (Å²) in [7, 11) is 0. The lowest BCUT2D eigenvalue weighted by Crippen LogP contribution is -2.09. The molecule has 0 saturated carbocycles. The summed E-state index contributed by atoms with van der Waals surface area (Å²) in [5, 5.41) is 4.60. The van der Waals surface area contributed by atoms with Crippen molar-refractivity contribution in [3.63, 3.8) is 0 Å². The number of furan rings is 1. The van der Waals surface area contributed by atoms with Gasteiger partial charge in [0.05, 0.1) is 0 Å². The SMILES string of the molecule is c1ccc(-c2c(-c3ccccc3)c(-c3ccccc3)c3c(-c4ccc5c(c4)oc4cc(N(c6ccccc6)c6ccccc6)ccc45)cccc3c2-c2ccccc2)cc1. The summed E-state index contributed by atoms with van der Waals surface area (Å²) in [5.74, 6) is 0. The summed E-state index contributed by atoms with van der Waals surface area (Å²) >= 11 is 0. The highest BCUT2D eigenvalue weighted by Gasteiger charge is 2.26. The zero-order valence-electron chi connectivity index (χ0n) is 32.9. The molecule has 0 spiro atoms. The quantitative estimate of drug-likeness (QED) is 0.153. The maximum absolute atomic E-state index is 6.84. The highest BCUT2D eigenvalue weighted by molar-refractivity contribution is 6.22. The molecule has 11 aromatic rings. The first-order chi connectivity index (χ1) is 29.8. The van der Waals surface area contributed by atoms with E-state index in [1.807, 2.05) is 0 Å². The first kappa shape index (κ1) is 35.2. The van der Waals surface area contributed by atoms with Gasteiger partial charge in [0.1, 0.15) is 11.2 Å². The minimum absolute atomic E-state index is 0.852. The molecule has 0 saturated heterocycles. The fraction of sp³-hybridized carbons (Fsp3) is 0. The van der Waals surface area contributed by atoms with Crippen LogP contribution >= 0.6 is 0 Å². The van der Waals surface area contributed by atoms with E-state index in [1.165, 1.54) is 55.3 Å². The Morgan fingerprint density at radius 3 is 1.23 bits per heavy atom. The van der Waals surface area contributed by atoms with Crippen molar-refractivity contribution in [2.45, 2.75) is 0 Å². The second-order valence-corrected chi connectivity index (χ2v) is 15.2. The molecule has 1 aromatic heterocycles. The van der Waals surface area contributed by atoms with Gasteiger partial charge in [0.2, 0.25) is 0 Å². The average molecular weight is 766 g/mol. The van der Waals surface area contributed by atoms with Crippen molar-refractivity contribution >= 4 is 49.8 Å². The van der Waals surface area contributed by atoms with Crippen LogP contribution in [0.25, 0.3) is 88.3 Å². The Kier molecular flexibility index (Phi) is 8.87. The Morgan fingerprint density at radius 2 is 0.700 bits per heavy atom. The molecule has 0 unspecified atom stereocenters. The number of fused-ring (bicyclic) bond motifs is 4.